The van der Waals surface area contributed by atoms with Crippen molar-refractivity contribution in [3.05, 3.63) is 12.7 Å². The van der Waals surface area contributed by atoms with Crippen LogP contribution < -0.4 is 16.4 Å². The minimum absolute atomic E-state index is 0.0975. The van der Waals surface area contributed by atoms with Crippen LogP contribution in [-0.2, 0) is 9.53 Å². The van der Waals surface area contributed by atoms with Crippen LogP contribution in [0.2, 0.25) is 0 Å². The minimum Gasteiger partial charge on any atom is -0.388 e. The number of nitrogens with one attached hydrogen (secondary N) is 3. The van der Waals surface area contributed by atoms with Gasteiger partial charge >= 0.3 is 0 Å². The van der Waals surface area contributed by atoms with Gasteiger partial charge in [0.2, 0.25) is 5.91 Å². The lowest BCUT2D eigenvalue weighted by Gasteiger charge is -2.38. The van der Waals surface area contributed by atoms with Crippen LogP contribution in [-0.4, -0.2) is 62.0 Å². The van der Waals surface area contributed by atoms with Crippen LogP contribution in [0.5, 0.6) is 0 Å². The number of aliphatic hydroxyl groups excluding tert-OH is 1. The minimum atomic E-state index is -0.817. The zero-order valence-electron chi connectivity index (χ0n) is 12.6. The summed E-state index contributed by atoms with van der Waals surface area (Å²) in [5.74, 6) is 0.215. The Kier molecular flexibility index (Phi) is 4.37. The van der Waals surface area contributed by atoms with Gasteiger partial charge in [0.05, 0.1) is 25.0 Å². The Bertz CT molecular complexity index is 691. The van der Waals surface area contributed by atoms with E-state index in [0.717, 1.165) is 0 Å². The molecule has 0 radical (unpaired) electrons. The maximum Gasteiger partial charge on any atom is 0.234 e. The quantitative estimate of drug-likeness (QED) is 0.466. The predicted molar refractivity (Wildman–Crippen MR) is 81.3 cm³/mol. The highest BCUT2D eigenvalue weighted by atomic mass is 16.5. The predicted octanol–water partition coefficient (Wildman–Crippen LogP) is -1.30. The molecule has 3 heterocycles. The molecule has 23 heavy (non-hydrogen) atoms. The van der Waals surface area contributed by atoms with Crippen molar-refractivity contribution < 1.29 is 14.6 Å². The lowest BCUT2D eigenvalue weighted by Crippen LogP contribution is -2.56. The van der Waals surface area contributed by atoms with Crippen LogP contribution >= 0.6 is 0 Å². The average Bonchev–Trinajstić information content (AvgIpc) is 3.01. The van der Waals surface area contributed by atoms with E-state index in [1.165, 1.54) is 12.7 Å². The molecule has 0 aromatic carbocycles. The first-order valence-corrected chi connectivity index (χ1v) is 7.32. The highest BCUT2D eigenvalue weighted by Gasteiger charge is 2.36. The third-order valence-electron chi connectivity index (χ3n) is 3.81. The van der Waals surface area contributed by atoms with Gasteiger partial charge < -0.3 is 31.2 Å². The molecule has 0 aliphatic carbocycles. The molecule has 6 N–H and O–H groups in total. The largest absolute Gasteiger partial charge is 0.388 e. The van der Waals surface area contributed by atoms with Crippen molar-refractivity contribution >= 4 is 22.9 Å². The van der Waals surface area contributed by atoms with Gasteiger partial charge in [-0.05, 0) is 6.92 Å². The summed E-state index contributed by atoms with van der Waals surface area (Å²) in [7, 11) is 0. The average molecular weight is 321 g/mol. The Morgan fingerprint density at radius 1 is 1.52 bits per heavy atom. The van der Waals surface area contributed by atoms with Crippen molar-refractivity contribution in [2.24, 2.45) is 5.73 Å². The molecule has 4 atom stereocenters. The topological polar surface area (TPSA) is 151 Å². The molecule has 2 aromatic heterocycles. The number of imidazole rings is 1. The summed E-state index contributed by atoms with van der Waals surface area (Å²) in [6, 6.07) is -0.295. The molecule has 0 saturated carbocycles. The van der Waals surface area contributed by atoms with E-state index in [-0.39, 0.29) is 24.6 Å². The van der Waals surface area contributed by atoms with Crippen LogP contribution in [0.3, 0.4) is 0 Å². The number of nitrogens with two attached hydrogens (primary N) is 1. The first kappa shape index (κ1) is 15.6. The Hall–Kier alpha value is -2.30. The van der Waals surface area contributed by atoms with E-state index < -0.39 is 12.3 Å². The summed E-state index contributed by atoms with van der Waals surface area (Å²) in [4.78, 5) is 26.6. The Morgan fingerprint density at radius 2 is 2.35 bits per heavy atom. The van der Waals surface area contributed by atoms with Crippen LogP contribution in [0.4, 0.5) is 5.82 Å². The highest BCUT2D eigenvalue weighted by molar-refractivity contribution is 5.82. The number of aliphatic hydroxyl groups is 1. The van der Waals surface area contributed by atoms with Gasteiger partial charge in [0.15, 0.2) is 17.7 Å². The number of amides is 1. The molecular weight excluding hydrogens is 302 g/mol. The van der Waals surface area contributed by atoms with Gasteiger partial charge in [-0.15, -0.1) is 0 Å². The van der Waals surface area contributed by atoms with Crippen molar-refractivity contribution in [1.82, 2.24) is 25.3 Å². The second-order valence-electron chi connectivity index (χ2n) is 5.41. The van der Waals surface area contributed by atoms with Crippen molar-refractivity contribution in [1.29, 1.82) is 0 Å². The number of H-pyrrole nitrogens is 1. The maximum absolute atomic E-state index is 11.4. The monoisotopic (exact) mass is 321 g/mol. The van der Waals surface area contributed by atoms with Crippen LogP contribution in [0.25, 0.3) is 11.2 Å². The Balaban J connectivity index is 1.70. The lowest BCUT2D eigenvalue weighted by atomic mass is 9.99. The number of carbonyl (C=O) groups excluding carboxylic acids is 1. The summed E-state index contributed by atoms with van der Waals surface area (Å²) < 4.78 is 5.77. The van der Waals surface area contributed by atoms with E-state index in [1.54, 1.807) is 0 Å². The molecule has 1 saturated heterocycles. The van der Waals surface area contributed by atoms with Gasteiger partial charge in [-0.3, -0.25) is 4.79 Å². The molecular formula is C13H19N7O3. The van der Waals surface area contributed by atoms with Gasteiger partial charge in [0.1, 0.15) is 17.9 Å². The van der Waals surface area contributed by atoms with Crippen LogP contribution in [0, 0.1) is 0 Å². The molecule has 10 heteroatoms. The molecule has 124 valence electrons. The number of aromatic nitrogens is 4. The van der Waals surface area contributed by atoms with Gasteiger partial charge in [0.25, 0.3) is 0 Å². The van der Waals surface area contributed by atoms with Gasteiger partial charge in [0, 0.05) is 6.42 Å². The molecule has 1 aliphatic rings. The van der Waals surface area contributed by atoms with Crippen molar-refractivity contribution in [3.63, 3.8) is 0 Å². The standard InChI is InChI=1S/C13H19N7O3/c1-6-7(19-9(22)3-14)2-8(21)13(23-6)20-12-10-11(16-4-15-10)17-5-18-12/h4-8,13,21H,2-3,14H2,1H3,(H,19,22)(H2,15,16,17,18,20)/t6-,7+,8-,13-/m0/s1. The molecule has 3 rings (SSSR count). The number of fused-ring (bicyclic) bond motifs is 1. The fourth-order valence-corrected chi connectivity index (χ4v) is 2.57. The second kappa shape index (κ2) is 6.44. The van der Waals surface area contributed by atoms with Gasteiger partial charge in [-0.1, -0.05) is 0 Å². The van der Waals surface area contributed by atoms with Crippen LogP contribution in [0.15, 0.2) is 12.7 Å². The fourth-order valence-electron chi connectivity index (χ4n) is 2.57. The van der Waals surface area contributed by atoms with Gasteiger partial charge in [-0.2, -0.15) is 0 Å². The smallest absolute Gasteiger partial charge is 0.234 e. The number of anilines is 1. The summed E-state index contributed by atoms with van der Waals surface area (Å²) in [6.07, 6.45) is 1.49. The molecule has 1 fully saturated rings. The number of hydrogen-bond donors (Lipinski definition) is 5. The van der Waals surface area contributed by atoms with E-state index in [1.807, 2.05) is 6.92 Å². The summed E-state index contributed by atoms with van der Waals surface area (Å²) in [5, 5.41) is 16.1. The number of rotatable bonds is 4. The lowest BCUT2D eigenvalue weighted by molar-refractivity contribution is -0.131. The van der Waals surface area contributed by atoms with E-state index in [2.05, 4.69) is 30.6 Å². The molecule has 1 amide bonds. The van der Waals surface area contributed by atoms with Crippen molar-refractivity contribution in [2.45, 2.75) is 37.8 Å². The van der Waals surface area contributed by atoms with Crippen LogP contribution in [0.1, 0.15) is 13.3 Å². The number of nitrogens with zero attached hydrogens (tertiary/aromatic N) is 3. The van der Waals surface area contributed by atoms with E-state index >= 15 is 0 Å². The SMILES string of the molecule is C[C@@H]1O[C@H](Nc2ncnc3nc[nH]c23)[C@@H](O)C[C@H]1NC(=O)CN. The second-order valence-corrected chi connectivity index (χ2v) is 5.41. The zero-order chi connectivity index (χ0) is 16.4. The van der Waals surface area contributed by atoms with E-state index in [4.69, 9.17) is 10.5 Å². The normalized spacial score (nSPS) is 27.8. The maximum atomic E-state index is 11.4. The zero-order valence-corrected chi connectivity index (χ0v) is 12.6. The molecule has 2 aromatic rings. The molecule has 10 nitrogen and oxygen atoms in total. The molecule has 0 unspecified atom stereocenters. The van der Waals surface area contributed by atoms with Crippen molar-refractivity contribution in [2.75, 3.05) is 11.9 Å². The highest BCUT2D eigenvalue weighted by Crippen LogP contribution is 2.23. The third kappa shape index (κ3) is 3.23. The molecule has 0 bridgehead atoms. The van der Waals surface area contributed by atoms with E-state index in [9.17, 15) is 9.90 Å². The number of hydrogen-bond acceptors (Lipinski definition) is 8. The fraction of sp³-hybridized carbons (Fsp3) is 0.538. The number of ether oxygens (including phenoxy) is 1. The van der Waals surface area contributed by atoms with Gasteiger partial charge in [-0.25, -0.2) is 15.0 Å². The third-order valence-corrected chi connectivity index (χ3v) is 3.81. The first-order valence-electron chi connectivity index (χ1n) is 7.32. The Labute approximate surface area is 131 Å². The first-order chi connectivity index (χ1) is 11.1. The number of carbonyl (C=O) groups is 1. The molecule has 0 spiro atoms. The molecule has 1 aliphatic heterocycles. The summed E-state index contributed by atoms with van der Waals surface area (Å²) in [6.45, 7) is 1.73. The number of aromatic amines is 1. The van der Waals surface area contributed by atoms with E-state index in [0.29, 0.717) is 23.4 Å². The Morgan fingerprint density at radius 3 is 3.13 bits per heavy atom. The summed E-state index contributed by atoms with van der Waals surface area (Å²) >= 11 is 0. The summed E-state index contributed by atoms with van der Waals surface area (Å²) in [5.41, 5.74) is 6.45. The van der Waals surface area contributed by atoms with Crippen molar-refractivity contribution in [3.8, 4) is 0 Å².